The molecule has 22 heavy (non-hydrogen) atoms. The molecular formula is C21H29F. The predicted molar refractivity (Wildman–Crippen MR) is 91.3 cm³/mol. The number of benzene rings is 1. The summed E-state index contributed by atoms with van der Waals surface area (Å²) >= 11 is 0. The Morgan fingerprint density at radius 1 is 0.909 bits per heavy atom. The average molecular weight is 300 g/mol. The van der Waals surface area contributed by atoms with Crippen molar-refractivity contribution < 1.29 is 4.39 Å². The monoisotopic (exact) mass is 300 g/mol. The van der Waals surface area contributed by atoms with Gasteiger partial charge in [0.2, 0.25) is 0 Å². The second kappa shape index (κ2) is 7.44. The molecule has 0 amide bonds. The van der Waals surface area contributed by atoms with Gasteiger partial charge in [0, 0.05) is 0 Å². The van der Waals surface area contributed by atoms with E-state index in [9.17, 15) is 4.39 Å². The van der Waals surface area contributed by atoms with Gasteiger partial charge in [-0.1, -0.05) is 43.5 Å². The van der Waals surface area contributed by atoms with Crippen LogP contribution in [-0.4, -0.2) is 0 Å². The van der Waals surface area contributed by atoms with E-state index in [-0.39, 0.29) is 5.82 Å². The van der Waals surface area contributed by atoms with Crippen molar-refractivity contribution in [2.75, 3.05) is 0 Å². The molecule has 0 aromatic heterocycles. The molecule has 1 aromatic carbocycles. The Labute approximate surface area is 134 Å². The second-order valence-corrected chi connectivity index (χ2v) is 7.54. The first-order chi connectivity index (χ1) is 10.7. The molecule has 1 saturated carbocycles. The zero-order chi connectivity index (χ0) is 15.4. The van der Waals surface area contributed by atoms with Crippen LogP contribution in [0.4, 0.5) is 4.39 Å². The van der Waals surface area contributed by atoms with Crippen LogP contribution in [0.1, 0.15) is 63.9 Å². The Kier molecular flexibility index (Phi) is 5.33. The third-order valence-electron chi connectivity index (χ3n) is 5.92. The minimum Gasteiger partial charge on any atom is -0.207 e. The first-order valence-electron chi connectivity index (χ1n) is 9.13. The highest BCUT2D eigenvalue weighted by Crippen LogP contribution is 2.39. The first-order valence-corrected chi connectivity index (χ1v) is 9.13. The Morgan fingerprint density at radius 2 is 1.64 bits per heavy atom. The minimum absolute atomic E-state index is 0.134. The number of aryl methyl sites for hydroxylation is 1. The topological polar surface area (TPSA) is 0 Å². The van der Waals surface area contributed by atoms with E-state index in [1.807, 2.05) is 12.1 Å². The standard InChI is InChI=1S/C21H29F/c1-16-2-10-19(11-3-16)20-12-6-17(7-13-20)4-5-18-8-14-21(22)15-9-18/h6,8-9,14-16,19-20H,2-5,7,10-13H2,1H3/t16-,19-,20?. The van der Waals surface area contributed by atoms with Crippen LogP contribution in [-0.2, 0) is 6.42 Å². The molecule has 0 bridgehead atoms. The van der Waals surface area contributed by atoms with Crippen LogP contribution < -0.4 is 0 Å². The molecule has 0 heterocycles. The molecule has 1 fully saturated rings. The highest BCUT2D eigenvalue weighted by Gasteiger charge is 2.27. The lowest BCUT2D eigenvalue weighted by atomic mass is 9.71. The molecule has 1 aromatic rings. The van der Waals surface area contributed by atoms with Gasteiger partial charge in [0.05, 0.1) is 0 Å². The third kappa shape index (κ3) is 4.21. The fraction of sp³-hybridized carbons (Fsp3) is 0.619. The SMILES string of the molecule is C[C@H]1CC[C@H](C2CC=C(CCc3ccc(F)cc3)CC2)CC1. The normalized spacial score (nSPS) is 29.2. The quantitative estimate of drug-likeness (QED) is 0.571. The summed E-state index contributed by atoms with van der Waals surface area (Å²) < 4.78 is 12.9. The lowest BCUT2D eigenvalue weighted by molar-refractivity contribution is 0.199. The summed E-state index contributed by atoms with van der Waals surface area (Å²) in [6.07, 6.45) is 14.5. The maximum absolute atomic E-state index is 12.9. The first kappa shape index (κ1) is 15.8. The molecule has 1 heteroatoms. The summed E-state index contributed by atoms with van der Waals surface area (Å²) in [5.41, 5.74) is 2.88. The van der Waals surface area contributed by atoms with E-state index < -0.39 is 0 Å². The van der Waals surface area contributed by atoms with Crippen LogP contribution in [0.5, 0.6) is 0 Å². The molecule has 2 aliphatic rings. The zero-order valence-electron chi connectivity index (χ0n) is 13.9. The van der Waals surface area contributed by atoms with Gasteiger partial charge in [0.25, 0.3) is 0 Å². The van der Waals surface area contributed by atoms with Crippen LogP contribution in [0.25, 0.3) is 0 Å². The zero-order valence-corrected chi connectivity index (χ0v) is 13.9. The fourth-order valence-corrected chi connectivity index (χ4v) is 4.28. The summed E-state index contributed by atoms with van der Waals surface area (Å²) in [7, 11) is 0. The summed E-state index contributed by atoms with van der Waals surface area (Å²) in [4.78, 5) is 0. The molecule has 1 unspecified atom stereocenters. The van der Waals surface area contributed by atoms with Crippen molar-refractivity contribution in [3.05, 3.63) is 47.3 Å². The lowest BCUT2D eigenvalue weighted by Crippen LogP contribution is -2.22. The molecule has 1 atom stereocenters. The van der Waals surface area contributed by atoms with Crippen molar-refractivity contribution in [2.24, 2.45) is 17.8 Å². The van der Waals surface area contributed by atoms with E-state index in [4.69, 9.17) is 0 Å². The van der Waals surface area contributed by atoms with Crippen molar-refractivity contribution in [2.45, 2.75) is 64.7 Å². The predicted octanol–water partition coefficient (Wildman–Crippen LogP) is 6.31. The van der Waals surface area contributed by atoms with Crippen LogP contribution in [0.15, 0.2) is 35.9 Å². The number of hydrogen-bond acceptors (Lipinski definition) is 0. The van der Waals surface area contributed by atoms with Crippen LogP contribution in [0.2, 0.25) is 0 Å². The van der Waals surface area contributed by atoms with E-state index in [1.54, 1.807) is 17.7 Å². The molecule has 2 aliphatic carbocycles. The van der Waals surface area contributed by atoms with Gasteiger partial charge in [-0.05, 0) is 80.4 Å². The van der Waals surface area contributed by atoms with Crippen LogP contribution in [0, 0.1) is 23.6 Å². The van der Waals surface area contributed by atoms with Gasteiger partial charge in [0.1, 0.15) is 5.82 Å². The number of hydrogen-bond donors (Lipinski definition) is 0. The van der Waals surface area contributed by atoms with Crippen molar-refractivity contribution in [3.63, 3.8) is 0 Å². The molecule has 3 rings (SSSR count). The van der Waals surface area contributed by atoms with Crippen molar-refractivity contribution >= 4 is 0 Å². The molecule has 0 radical (unpaired) electrons. The van der Waals surface area contributed by atoms with E-state index >= 15 is 0 Å². The molecule has 0 saturated heterocycles. The molecule has 0 aliphatic heterocycles. The molecule has 120 valence electrons. The van der Waals surface area contributed by atoms with Crippen molar-refractivity contribution in [3.8, 4) is 0 Å². The molecule has 0 N–H and O–H groups in total. The average Bonchev–Trinajstić information content (AvgIpc) is 2.56. The summed E-state index contributed by atoms with van der Waals surface area (Å²) in [6.45, 7) is 2.41. The maximum Gasteiger partial charge on any atom is 0.123 e. The molecular weight excluding hydrogens is 271 g/mol. The Hall–Kier alpha value is -1.11. The minimum atomic E-state index is -0.134. The van der Waals surface area contributed by atoms with E-state index in [2.05, 4.69) is 13.0 Å². The Bertz CT molecular complexity index is 491. The lowest BCUT2D eigenvalue weighted by Gasteiger charge is -2.34. The van der Waals surface area contributed by atoms with E-state index in [1.165, 1.54) is 50.5 Å². The van der Waals surface area contributed by atoms with E-state index in [0.717, 1.165) is 30.6 Å². The highest BCUT2D eigenvalue weighted by molar-refractivity contribution is 5.18. The van der Waals surface area contributed by atoms with Gasteiger partial charge in [-0.15, -0.1) is 0 Å². The van der Waals surface area contributed by atoms with Gasteiger partial charge in [-0.2, -0.15) is 0 Å². The van der Waals surface area contributed by atoms with Gasteiger partial charge < -0.3 is 0 Å². The fourth-order valence-electron chi connectivity index (χ4n) is 4.28. The van der Waals surface area contributed by atoms with Crippen LogP contribution in [0.3, 0.4) is 0 Å². The summed E-state index contributed by atoms with van der Waals surface area (Å²) in [5.74, 6) is 2.76. The van der Waals surface area contributed by atoms with Gasteiger partial charge in [-0.3, -0.25) is 0 Å². The largest absolute Gasteiger partial charge is 0.207 e. The second-order valence-electron chi connectivity index (χ2n) is 7.54. The Morgan fingerprint density at radius 3 is 2.27 bits per heavy atom. The smallest absolute Gasteiger partial charge is 0.123 e. The van der Waals surface area contributed by atoms with Gasteiger partial charge in [0.15, 0.2) is 0 Å². The van der Waals surface area contributed by atoms with Crippen molar-refractivity contribution in [1.82, 2.24) is 0 Å². The number of halogens is 1. The van der Waals surface area contributed by atoms with Gasteiger partial charge in [-0.25, -0.2) is 4.39 Å². The summed E-state index contributed by atoms with van der Waals surface area (Å²) in [6, 6.07) is 6.99. The summed E-state index contributed by atoms with van der Waals surface area (Å²) in [5, 5.41) is 0. The van der Waals surface area contributed by atoms with E-state index in [0.29, 0.717) is 0 Å². The highest BCUT2D eigenvalue weighted by atomic mass is 19.1. The van der Waals surface area contributed by atoms with Crippen molar-refractivity contribution in [1.29, 1.82) is 0 Å². The Balaban J connectivity index is 1.46. The number of allylic oxidation sites excluding steroid dienone is 2. The number of rotatable bonds is 4. The maximum atomic E-state index is 12.9. The molecule has 0 spiro atoms. The molecule has 0 nitrogen and oxygen atoms in total. The van der Waals surface area contributed by atoms with Crippen LogP contribution >= 0.6 is 0 Å². The third-order valence-corrected chi connectivity index (χ3v) is 5.92. The van der Waals surface area contributed by atoms with Gasteiger partial charge >= 0.3 is 0 Å².